The van der Waals surface area contributed by atoms with Crippen LogP contribution in [-0.4, -0.2) is 49.9 Å². The molecule has 0 spiro atoms. The third-order valence-electron chi connectivity index (χ3n) is 4.78. The number of carbonyl (C=O) groups is 1. The van der Waals surface area contributed by atoms with Crippen LogP contribution in [0.5, 0.6) is 0 Å². The molecular weight excluding hydrogens is 312 g/mol. The average molecular weight is 349 g/mol. The number of carbonyl (C=O) groups excluding carboxylic acids is 1. The summed E-state index contributed by atoms with van der Waals surface area (Å²) in [6.07, 6.45) is -2.10. The summed E-state index contributed by atoms with van der Waals surface area (Å²) in [5.41, 5.74) is 1.28. The highest BCUT2D eigenvalue weighted by Gasteiger charge is 2.46. The highest BCUT2D eigenvalue weighted by molar-refractivity contribution is 6.77. The first-order valence-corrected chi connectivity index (χ1v) is 10.7. The topological polar surface area (TPSA) is 76.0 Å². The van der Waals surface area contributed by atoms with Crippen LogP contribution in [0.2, 0.25) is 16.6 Å². The SMILES string of the molecule is COC(=O)C[C@H](O)C[C@@H](O)[C@@H](C)O[Si](C(C)C)(C(C)C)C(C)C. The molecule has 0 unspecified atom stereocenters. The van der Waals surface area contributed by atoms with Crippen molar-refractivity contribution in [2.24, 2.45) is 0 Å². The van der Waals surface area contributed by atoms with Crippen molar-refractivity contribution in [1.29, 1.82) is 0 Å². The lowest BCUT2D eigenvalue weighted by atomic mass is 10.1. The maximum Gasteiger partial charge on any atom is 0.308 e. The molecule has 2 N–H and O–H groups in total. The summed E-state index contributed by atoms with van der Waals surface area (Å²) in [4.78, 5) is 11.2. The molecule has 0 rings (SSSR count). The van der Waals surface area contributed by atoms with E-state index in [0.29, 0.717) is 16.6 Å². The van der Waals surface area contributed by atoms with Crippen molar-refractivity contribution < 1.29 is 24.2 Å². The first kappa shape index (κ1) is 22.6. The summed E-state index contributed by atoms with van der Waals surface area (Å²) in [6.45, 7) is 15.0. The first-order valence-electron chi connectivity index (χ1n) is 8.59. The van der Waals surface area contributed by atoms with Crippen LogP contribution in [0.3, 0.4) is 0 Å². The Morgan fingerprint density at radius 3 is 1.74 bits per heavy atom. The van der Waals surface area contributed by atoms with Crippen LogP contribution < -0.4 is 0 Å². The quantitative estimate of drug-likeness (QED) is 0.468. The van der Waals surface area contributed by atoms with Crippen molar-refractivity contribution >= 4 is 14.3 Å². The molecule has 0 aliphatic rings. The van der Waals surface area contributed by atoms with E-state index in [4.69, 9.17) is 4.43 Å². The van der Waals surface area contributed by atoms with Gasteiger partial charge in [0.05, 0.1) is 31.8 Å². The summed E-state index contributed by atoms with van der Waals surface area (Å²) >= 11 is 0. The zero-order valence-corrected chi connectivity index (χ0v) is 17.0. The Bertz CT molecular complexity index is 335. The maximum absolute atomic E-state index is 11.2. The average Bonchev–Trinajstić information content (AvgIpc) is 2.42. The molecule has 0 aromatic rings. The molecule has 0 radical (unpaired) electrons. The van der Waals surface area contributed by atoms with Gasteiger partial charge in [0.1, 0.15) is 0 Å². The summed E-state index contributed by atoms with van der Waals surface area (Å²) in [5.74, 6) is -0.478. The van der Waals surface area contributed by atoms with E-state index in [0.717, 1.165) is 0 Å². The predicted octanol–water partition coefficient (Wildman–Crippen LogP) is 3.24. The number of hydrogen-bond acceptors (Lipinski definition) is 5. The van der Waals surface area contributed by atoms with Crippen molar-refractivity contribution in [3.05, 3.63) is 0 Å². The van der Waals surface area contributed by atoms with E-state index in [9.17, 15) is 15.0 Å². The smallest absolute Gasteiger partial charge is 0.308 e. The second kappa shape index (κ2) is 9.76. The van der Waals surface area contributed by atoms with E-state index in [-0.39, 0.29) is 18.9 Å². The van der Waals surface area contributed by atoms with Crippen LogP contribution >= 0.6 is 0 Å². The Morgan fingerprint density at radius 2 is 1.39 bits per heavy atom. The van der Waals surface area contributed by atoms with Crippen LogP contribution in [-0.2, 0) is 14.0 Å². The van der Waals surface area contributed by atoms with Gasteiger partial charge < -0.3 is 19.4 Å². The van der Waals surface area contributed by atoms with Gasteiger partial charge in [-0.1, -0.05) is 41.5 Å². The lowest BCUT2D eigenvalue weighted by Gasteiger charge is -2.45. The molecular formula is C17H36O5Si. The molecule has 6 heteroatoms. The second-order valence-corrected chi connectivity index (χ2v) is 12.8. The summed E-state index contributed by atoms with van der Waals surface area (Å²) < 4.78 is 11.0. The zero-order chi connectivity index (χ0) is 18.4. The monoisotopic (exact) mass is 348 g/mol. The van der Waals surface area contributed by atoms with Gasteiger partial charge >= 0.3 is 5.97 Å². The molecule has 0 aromatic carbocycles. The molecule has 0 saturated carbocycles. The largest absolute Gasteiger partial charge is 0.469 e. The fourth-order valence-electron chi connectivity index (χ4n) is 3.64. The Kier molecular flexibility index (Phi) is 9.58. The summed E-state index contributed by atoms with van der Waals surface area (Å²) in [7, 11) is -0.794. The van der Waals surface area contributed by atoms with E-state index in [1.807, 2.05) is 6.92 Å². The van der Waals surface area contributed by atoms with Crippen molar-refractivity contribution in [1.82, 2.24) is 0 Å². The fraction of sp³-hybridized carbons (Fsp3) is 0.941. The lowest BCUT2D eigenvalue weighted by Crippen LogP contribution is -2.52. The van der Waals surface area contributed by atoms with Crippen LogP contribution in [0.25, 0.3) is 0 Å². The van der Waals surface area contributed by atoms with Gasteiger partial charge in [-0.15, -0.1) is 0 Å². The van der Waals surface area contributed by atoms with Gasteiger partial charge in [-0.05, 0) is 23.5 Å². The highest BCUT2D eigenvalue weighted by atomic mass is 28.4. The second-order valence-electron chi connectivity index (χ2n) is 7.38. The molecule has 0 amide bonds. The van der Waals surface area contributed by atoms with Crippen molar-refractivity contribution in [3.8, 4) is 0 Å². The van der Waals surface area contributed by atoms with Gasteiger partial charge in [0.2, 0.25) is 8.32 Å². The summed E-state index contributed by atoms with van der Waals surface area (Å²) in [5, 5.41) is 20.3. The van der Waals surface area contributed by atoms with Crippen molar-refractivity contribution in [3.63, 3.8) is 0 Å². The van der Waals surface area contributed by atoms with E-state index < -0.39 is 26.5 Å². The van der Waals surface area contributed by atoms with Crippen LogP contribution in [0.1, 0.15) is 61.3 Å². The van der Waals surface area contributed by atoms with Gasteiger partial charge in [-0.3, -0.25) is 4.79 Å². The molecule has 5 nitrogen and oxygen atoms in total. The van der Waals surface area contributed by atoms with Gasteiger partial charge in [-0.2, -0.15) is 0 Å². The van der Waals surface area contributed by atoms with Gasteiger partial charge in [0.15, 0.2) is 0 Å². The Labute approximate surface area is 142 Å². The third kappa shape index (κ3) is 6.18. The minimum absolute atomic E-state index is 0.106. The zero-order valence-electron chi connectivity index (χ0n) is 16.0. The number of rotatable bonds is 10. The molecule has 0 aliphatic carbocycles. The van der Waals surface area contributed by atoms with E-state index in [1.165, 1.54) is 7.11 Å². The molecule has 0 heterocycles. The lowest BCUT2D eigenvalue weighted by molar-refractivity contribution is -0.143. The van der Waals surface area contributed by atoms with Crippen molar-refractivity contribution in [2.75, 3.05) is 7.11 Å². The first-order chi connectivity index (χ1) is 10.5. The Morgan fingerprint density at radius 1 is 0.957 bits per heavy atom. The Balaban J connectivity index is 4.92. The highest BCUT2D eigenvalue weighted by Crippen LogP contribution is 2.43. The Hall–Kier alpha value is -0.433. The van der Waals surface area contributed by atoms with Crippen LogP contribution in [0.4, 0.5) is 0 Å². The summed E-state index contributed by atoms with van der Waals surface area (Å²) in [6, 6.07) is 0. The molecule has 3 atom stereocenters. The molecule has 0 aliphatic heterocycles. The minimum Gasteiger partial charge on any atom is -0.469 e. The number of esters is 1. The molecule has 0 fully saturated rings. The van der Waals surface area contributed by atoms with Crippen LogP contribution in [0.15, 0.2) is 0 Å². The number of methoxy groups -OCH3 is 1. The van der Waals surface area contributed by atoms with Gasteiger partial charge in [-0.25, -0.2) is 0 Å². The number of hydrogen-bond donors (Lipinski definition) is 2. The molecule has 0 aromatic heterocycles. The molecule has 23 heavy (non-hydrogen) atoms. The third-order valence-corrected chi connectivity index (χ3v) is 11.0. The van der Waals surface area contributed by atoms with Crippen LogP contribution in [0, 0.1) is 0 Å². The number of ether oxygens (including phenoxy) is 1. The minimum atomic E-state index is -2.08. The predicted molar refractivity (Wildman–Crippen MR) is 94.9 cm³/mol. The van der Waals surface area contributed by atoms with Gasteiger partial charge in [0, 0.05) is 6.42 Å². The fourth-order valence-corrected chi connectivity index (χ4v) is 9.26. The maximum atomic E-state index is 11.2. The number of aliphatic hydroxyl groups is 2. The normalized spacial score (nSPS) is 16.7. The molecule has 0 bridgehead atoms. The van der Waals surface area contributed by atoms with Gasteiger partial charge in [0.25, 0.3) is 0 Å². The van der Waals surface area contributed by atoms with E-state index in [2.05, 4.69) is 46.3 Å². The number of aliphatic hydroxyl groups excluding tert-OH is 2. The molecule has 0 saturated heterocycles. The van der Waals surface area contributed by atoms with E-state index in [1.54, 1.807) is 0 Å². The van der Waals surface area contributed by atoms with Crippen molar-refractivity contribution in [2.45, 2.75) is 96.2 Å². The standard InChI is InChI=1S/C17H36O5Si/c1-11(2)23(12(3)4,13(5)6)22-14(7)16(19)9-15(18)10-17(20)21-8/h11-16,18-19H,9-10H2,1-8H3/t14-,15-,16-/m1/s1. The molecule has 138 valence electrons. The van der Waals surface area contributed by atoms with E-state index >= 15 is 0 Å².